The summed E-state index contributed by atoms with van der Waals surface area (Å²) in [5.74, 6) is -0.717. The molecular weight excluding hydrogens is 579 g/mol. The molecule has 0 aliphatic heterocycles. The van der Waals surface area contributed by atoms with Crippen LogP contribution in [0.5, 0.6) is 0 Å². The third kappa shape index (κ3) is 5.31. The highest BCUT2D eigenvalue weighted by Crippen LogP contribution is 2.54. The number of benzene rings is 3. The predicted octanol–water partition coefficient (Wildman–Crippen LogP) is 7.13. The zero-order valence-corrected chi connectivity index (χ0v) is 21.8. The molecule has 1 fully saturated rings. The average Bonchev–Trinajstić information content (AvgIpc) is 3.31. The van der Waals surface area contributed by atoms with Gasteiger partial charge in [-0.1, -0.05) is 48.5 Å². The summed E-state index contributed by atoms with van der Waals surface area (Å²) in [6, 6.07) is 11.5. The number of alkyl halides is 6. The van der Waals surface area contributed by atoms with Crippen molar-refractivity contribution in [3.63, 3.8) is 0 Å². The molecule has 0 saturated heterocycles. The molecule has 5 nitrogen and oxygen atoms in total. The maximum Gasteiger partial charge on any atom is 0.430 e. The van der Waals surface area contributed by atoms with Crippen LogP contribution in [0.3, 0.4) is 0 Å². The molecule has 1 aliphatic carbocycles. The Labute approximate surface area is 230 Å². The fourth-order valence-corrected chi connectivity index (χ4v) is 7.33. The first-order chi connectivity index (χ1) is 19.1. The molecule has 1 N–H and O–H groups in total. The summed E-state index contributed by atoms with van der Waals surface area (Å²) in [5, 5.41) is 10.2. The molecule has 3 aromatic carbocycles. The summed E-state index contributed by atoms with van der Waals surface area (Å²) < 4.78 is 130. The second-order valence-corrected chi connectivity index (χ2v) is 11.9. The molecular formula is C28H22F7NO4S. The lowest BCUT2D eigenvalue weighted by molar-refractivity contribution is -0.392. The highest BCUT2D eigenvalue weighted by Gasteiger charge is 2.73. The van der Waals surface area contributed by atoms with E-state index in [9.17, 15) is 44.3 Å². The number of hydrogen-bond acceptors (Lipinski definition) is 4. The first kappa shape index (κ1) is 30.5. The van der Waals surface area contributed by atoms with E-state index in [-0.39, 0.29) is 41.0 Å². The van der Waals surface area contributed by atoms with Gasteiger partial charge >= 0.3 is 12.4 Å². The van der Waals surface area contributed by atoms with E-state index in [0.29, 0.717) is 12.1 Å². The molecule has 0 aromatic heterocycles. The minimum atomic E-state index is -5.99. The third-order valence-corrected chi connectivity index (χ3v) is 9.72. The van der Waals surface area contributed by atoms with Crippen LogP contribution in [0.1, 0.15) is 36.0 Å². The topological polar surface area (TPSA) is 68.0 Å². The zero-order valence-electron chi connectivity index (χ0n) is 21.0. The summed E-state index contributed by atoms with van der Waals surface area (Å²) >= 11 is 0. The van der Waals surface area contributed by atoms with E-state index in [0.717, 1.165) is 42.5 Å². The van der Waals surface area contributed by atoms with E-state index in [2.05, 4.69) is 9.58 Å². The van der Waals surface area contributed by atoms with Gasteiger partial charge in [0.05, 0.1) is 24.2 Å². The molecule has 0 bridgehead atoms. The van der Waals surface area contributed by atoms with Crippen molar-refractivity contribution < 1.29 is 49.0 Å². The van der Waals surface area contributed by atoms with Crippen molar-refractivity contribution >= 4 is 15.5 Å². The number of aliphatic hydroxyl groups is 1. The minimum Gasteiger partial charge on any atom is -0.393 e. The third-order valence-electron chi connectivity index (χ3n) is 7.20. The van der Waals surface area contributed by atoms with Gasteiger partial charge in [0, 0.05) is 5.56 Å². The molecule has 0 spiro atoms. The Morgan fingerprint density at radius 1 is 0.951 bits per heavy atom. The van der Waals surface area contributed by atoms with Crippen LogP contribution >= 0.6 is 0 Å². The second-order valence-electron chi connectivity index (χ2n) is 9.67. The monoisotopic (exact) mass is 601 g/mol. The molecule has 0 unspecified atom stereocenters. The SMILES string of the molecule is [C-]#[N+]c1cccc(COC(c2ccc([C@]3(S(=O)(=O)c4ccc(F)cc4)CC[C@H](O)C3)cc2)(C(F)(F)F)C(F)(F)F)c1. The van der Waals surface area contributed by atoms with E-state index in [4.69, 9.17) is 6.57 Å². The Morgan fingerprint density at radius 2 is 1.56 bits per heavy atom. The summed E-state index contributed by atoms with van der Waals surface area (Å²) in [7, 11) is -4.39. The molecule has 1 aliphatic rings. The molecule has 13 heteroatoms. The van der Waals surface area contributed by atoms with Gasteiger partial charge in [0.2, 0.25) is 0 Å². The molecule has 218 valence electrons. The maximum atomic E-state index is 14.3. The molecule has 4 rings (SSSR count). The molecule has 41 heavy (non-hydrogen) atoms. The smallest absolute Gasteiger partial charge is 0.393 e. The van der Waals surface area contributed by atoms with Gasteiger partial charge in [-0.25, -0.2) is 17.7 Å². The maximum absolute atomic E-state index is 14.3. The summed E-state index contributed by atoms with van der Waals surface area (Å²) in [6.07, 6.45) is -13.6. The highest BCUT2D eigenvalue weighted by atomic mass is 32.2. The van der Waals surface area contributed by atoms with Crippen LogP contribution in [0.4, 0.5) is 36.4 Å². The summed E-state index contributed by atoms with van der Waals surface area (Å²) in [6.45, 7) is 5.87. The number of ether oxygens (including phenoxy) is 1. The van der Waals surface area contributed by atoms with Crippen molar-refractivity contribution in [1.82, 2.24) is 0 Å². The average molecular weight is 602 g/mol. The van der Waals surface area contributed by atoms with E-state index in [1.54, 1.807) is 0 Å². The van der Waals surface area contributed by atoms with Crippen molar-refractivity contribution in [1.29, 1.82) is 0 Å². The van der Waals surface area contributed by atoms with Gasteiger partial charge in [-0.3, -0.25) is 0 Å². The lowest BCUT2D eigenvalue weighted by atomic mass is 9.88. The molecule has 0 radical (unpaired) electrons. The predicted molar refractivity (Wildman–Crippen MR) is 133 cm³/mol. The van der Waals surface area contributed by atoms with Crippen molar-refractivity contribution in [2.24, 2.45) is 0 Å². The van der Waals surface area contributed by atoms with Crippen LogP contribution in [-0.4, -0.2) is 32.0 Å². The van der Waals surface area contributed by atoms with Crippen LogP contribution in [0.15, 0.2) is 77.7 Å². The van der Waals surface area contributed by atoms with Gasteiger partial charge in [0.25, 0.3) is 5.60 Å². The van der Waals surface area contributed by atoms with Crippen LogP contribution in [-0.2, 0) is 31.5 Å². The van der Waals surface area contributed by atoms with Crippen LogP contribution in [0.2, 0.25) is 0 Å². The summed E-state index contributed by atoms with van der Waals surface area (Å²) in [4.78, 5) is 2.78. The van der Waals surface area contributed by atoms with Crippen LogP contribution in [0, 0.1) is 12.4 Å². The van der Waals surface area contributed by atoms with Crippen LogP contribution < -0.4 is 0 Å². The Kier molecular flexibility index (Phi) is 7.99. The normalized spacial score (nSPS) is 20.1. The lowest BCUT2D eigenvalue weighted by Gasteiger charge is -2.38. The van der Waals surface area contributed by atoms with Crippen molar-refractivity contribution in [3.8, 4) is 0 Å². The van der Waals surface area contributed by atoms with Gasteiger partial charge in [-0.15, -0.1) is 0 Å². The zero-order chi connectivity index (χ0) is 30.3. The minimum absolute atomic E-state index is 0.00396. The first-order valence-electron chi connectivity index (χ1n) is 12.1. The Morgan fingerprint density at radius 3 is 2.07 bits per heavy atom. The van der Waals surface area contributed by atoms with Crippen LogP contribution in [0.25, 0.3) is 4.85 Å². The Hall–Kier alpha value is -3.47. The van der Waals surface area contributed by atoms with Gasteiger partial charge in [0.1, 0.15) is 10.6 Å². The summed E-state index contributed by atoms with van der Waals surface area (Å²) in [5.41, 5.74) is -6.37. The number of aliphatic hydroxyl groups excluding tert-OH is 1. The van der Waals surface area contributed by atoms with Gasteiger partial charge in [-0.05, 0) is 54.7 Å². The van der Waals surface area contributed by atoms with Gasteiger partial charge < -0.3 is 9.84 Å². The van der Waals surface area contributed by atoms with Gasteiger partial charge in [-0.2, -0.15) is 26.3 Å². The second kappa shape index (κ2) is 10.7. The van der Waals surface area contributed by atoms with Crippen molar-refractivity contribution in [2.45, 2.75) is 59.6 Å². The standard InChI is InChI=1S/C28H22F7NO4S/c1-36-22-4-2-3-18(15-22)17-40-26(27(30,31)32,28(33,34)35)20-7-5-19(6-8-20)25(14-13-23(37)16-25)41(38,39)24-11-9-21(29)10-12-24/h2-12,15,23,37H,13-14,16-17H2/t23-,25-/m0/s1. The number of halogens is 7. The van der Waals surface area contributed by atoms with E-state index >= 15 is 0 Å². The van der Waals surface area contributed by atoms with E-state index in [1.807, 2.05) is 0 Å². The fourth-order valence-electron chi connectivity index (χ4n) is 5.14. The first-order valence-corrected chi connectivity index (χ1v) is 13.6. The van der Waals surface area contributed by atoms with E-state index in [1.165, 1.54) is 18.2 Å². The molecule has 3 aromatic rings. The number of hydrogen-bond donors (Lipinski definition) is 1. The largest absolute Gasteiger partial charge is 0.430 e. The fraction of sp³-hybridized carbons (Fsp3) is 0.321. The quantitative estimate of drug-likeness (QED) is 0.178. The number of rotatable bonds is 7. The molecule has 0 heterocycles. The van der Waals surface area contributed by atoms with Crippen molar-refractivity contribution in [2.75, 3.05) is 0 Å². The molecule has 1 saturated carbocycles. The van der Waals surface area contributed by atoms with Crippen molar-refractivity contribution in [3.05, 3.63) is 107 Å². The Balaban J connectivity index is 1.81. The number of nitrogens with zero attached hydrogens (tertiary/aromatic N) is 1. The highest BCUT2D eigenvalue weighted by molar-refractivity contribution is 7.92. The van der Waals surface area contributed by atoms with E-state index < -0.39 is 56.6 Å². The number of sulfone groups is 1. The molecule has 0 amide bonds. The van der Waals surface area contributed by atoms with Gasteiger partial charge in [0.15, 0.2) is 15.5 Å². The lowest BCUT2D eigenvalue weighted by Crippen LogP contribution is -2.55. The Bertz CT molecular complexity index is 1530. The molecule has 2 atom stereocenters.